The van der Waals surface area contributed by atoms with Gasteiger partial charge in [-0.2, -0.15) is 0 Å². The van der Waals surface area contributed by atoms with Gasteiger partial charge in [-0.15, -0.1) is 0 Å². The zero-order valence-electron chi connectivity index (χ0n) is 9.88. The van der Waals surface area contributed by atoms with Crippen LogP contribution in [0.25, 0.3) is 0 Å². The van der Waals surface area contributed by atoms with E-state index in [-0.39, 0.29) is 4.90 Å². The zero-order chi connectivity index (χ0) is 13.9. The van der Waals surface area contributed by atoms with Crippen molar-refractivity contribution < 1.29 is 8.42 Å². The monoisotopic (exact) mass is 341 g/mol. The topological polar surface area (TPSA) is 85.1 Å². The number of halogens is 1. The van der Waals surface area contributed by atoms with E-state index in [2.05, 4.69) is 25.6 Å². The lowest BCUT2D eigenvalue weighted by Crippen LogP contribution is -2.13. The lowest BCUT2D eigenvalue weighted by molar-refractivity contribution is 0.601. The fourth-order valence-electron chi connectivity index (χ4n) is 1.47. The van der Waals surface area contributed by atoms with Gasteiger partial charge in [0.25, 0.3) is 10.0 Å². The van der Waals surface area contributed by atoms with E-state index in [4.69, 9.17) is 5.73 Å². The average Bonchev–Trinajstić information content (AvgIpc) is 2.41. The number of benzene rings is 1. The lowest BCUT2D eigenvalue weighted by atomic mass is 10.2. The van der Waals surface area contributed by atoms with E-state index in [9.17, 15) is 8.42 Å². The molecule has 1 aromatic carbocycles. The minimum absolute atomic E-state index is 0.188. The molecule has 0 spiro atoms. The molecule has 0 bridgehead atoms. The number of pyridine rings is 1. The molecule has 0 saturated carbocycles. The minimum atomic E-state index is -3.61. The van der Waals surface area contributed by atoms with Crippen LogP contribution in [0.4, 0.5) is 5.69 Å². The molecular formula is C12H12BrN3O2S. The first kappa shape index (κ1) is 14.0. The van der Waals surface area contributed by atoms with Gasteiger partial charge in [0.1, 0.15) is 0 Å². The van der Waals surface area contributed by atoms with Crippen LogP contribution in [0.15, 0.2) is 52.1 Å². The normalized spacial score (nSPS) is 11.3. The molecule has 1 heterocycles. The summed E-state index contributed by atoms with van der Waals surface area (Å²) < 4.78 is 27.4. The largest absolute Gasteiger partial charge is 0.326 e. The van der Waals surface area contributed by atoms with Gasteiger partial charge in [-0.3, -0.25) is 9.71 Å². The summed E-state index contributed by atoms with van der Waals surface area (Å²) in [5.74, 6) is 0. The smallest absolute Gasteiger partial charge is 0.261 e. The molecule has 7 heteroatoms. The number of hydrogen-bond donors (Lipinski definition) is 2. The molecule has 0 fully saturated rings. The molecule has 0 radical (unpaired) electrons. The van der Waals surface area contributed by atoms with Crippen LogP contribution < -0.4 is 10.5 Å². The van der Waals surface area contributed by atoms with E-state index in [0.717, 1.165) is 5.56 Å². The van der Waals surface area contributed by atoms with Gasteiger partial charge in [0.2, 0.25) is 0 Å². The maximum atomic E-state index is 12.2. The summed E-state index contributed by atoms with van der Waals surface area (Å²) in [6.07, 6.45) is 3.04. The number of anilines is 1. The minimum Gasteiger partial charge on any atom is -0.326 e. The molecule has 0 unspecified atom stereocenters. The number of hydrogen-bond acceptors (Lipinski definition) is 4. The highest BCUT2D eigenvalue weighted by molar-refractivity contribution is 9.10. The van der Waals surface area contributed by atoms with Gasteiger partial charge in [0, 0.05) is 18.9 Å². The van der Waals surface area contributed by atoms with Crippen LogP contribution in [0.5, 0.6) is 0 Å². The number of nitrogens with zero attached hydrogens (tertiary/aromatic N) is 1. The van der Waals surface area contributed by atoms with Gasteiger partial charge in [-0.25, -0.2) is 8.42 Å². The van der Waals surface area contributed by atoms with Gasteiger partial charge in [-0.05, 0) is 39.7 Å². The Balaban J connectivity index is 2.30. The van der Waals surface area contributed by atoms with E-state index in [0.29, 0.717) is 16.7 Å². The molecule has 0 amide bonds. The Morgan fingerprint density at radius 2 is 1.89 bits per heavy atom. The third-order valence-corrected chi connectivity index (χ3v) is 4.50. The molecule has 0 saturated heterocycles. The molecule has 3 N–H and O–H groups in total. The van der Waals surface area contributed by atoms with Crippen molar-refractivity contribution in [1.29, 1.82) is 0 Å². The second-order valence-corrected chi connectivity index (χ2v) is 6.35. The molecule has 2 aromatic rings. The van der Waals surface area contributed by atoms with Crippen LogP contribution >= 0.6 is 15.9 Å². The summed E-state index contributed by atoms with van der Waals surface area (Å²) in [5.41, 5.74) is 6.80. The van der Waals surface area contributed by atoms with E-state index in [1.807, 2.05) is 0 Å². The van der Waals surface area contributed by atoms with Crippen molar-refractivity contribution in [3.05, 3.63) is 52.8 Å². The van der Waals surface area contributed by atoms with Crippen molar-refractivity contribution in [3.63, 3.8) is 0 Å². The van der Waals surface area contributed by atoms with E-state index in [1.165, 1.54) is 24.5 Å². The van der Waals surface area contributed by atoms with Gasteiger partial charge in [0.05, 0.1) is 15.1 Å². The summed E-state index contributed by atoms with van der Waals surface area (Å²) >= 11 is 3.24. The first-order valence-corrected chi connectivity index (χ1v) is 7.72. The highest BCUT2D eigenvalue weighted by atomic mass is 79.9. The number of sulfonamides is 1. The predicted octanol–water partition coefficient (Wildman–Crippen LogP) is 2.10. The van der Waals surface area contributed by atoms with Gasteiger partial charge in [-0.1, -0.05) is 12.1 Å². The van der Waals surface area contributed by atoms with Crippen molar-refractivity contribution in [1.82, 2.24) is 4.98 Å². The Morgan fingerprint density at radius 3 is 2.47 bits per heavy atom. The predicted molar refractivity (Wildman–Crippen MR) is 77.1 cm³/mol. The zero-order valence-corrected chi connectivity index (χ0v) is 12.3. The van der Waals surface area contributed by atoms with Crippen LogP contribution in [0, 0.1) is 0 Å². The average molecular weight is 342 g/mol. The van der Waals surface area contributed by atoms with E-state index in [1.54, 1.807) is 18.2 Å². The summed E-state index contributed by atoms with van der Waals surface area (Å²) in [7, 11) is -3.61. The van der Waals surface area contributed by atoms with Crippen molar-refractivity contribution >= 4 is 31.6 Å². The second kappa shape index (κ2) is 5.68. The van der Waals surface area contributed by atoms with Crippen molar-refractivity contribution in [2.75, 3.05) is 4.72 Å². The molecule has 1 aromatic heterocycles. The number of aromatic nitrogens is 1. The summed E-state index contributed by atoms with van der Waals surface area (Å²) in [4.78, 5) is 4.06. The number of nitrogens with two attached hydrogens (primary N) is 1. The molecular weight excluding hydrogens is 330 g/mol. The number of nitrogens with one attached hydrogen (secondary N) is 1. The van der Waals surface area contributed by atoms with Crippen molar-refractivity contribution in [3.8, 4) is 0 Å². The Kier molecular flexibility index (Phi) is 4.18. The van der Waals surface area contributed by atoms with Crippen LogP contribution in [-0.2, 0) is 16.6 Å². The van der Waals surface area contributed by atoms with Crippen molar-refractivity contribution in [2.24, 2.45) is 5.73 Å². The van der Waals surface area contributed by atoms with Crippen molar-refractivity contribution in [2.45, 2.75) is 11.4 Å². The summed E-state index contributed by atoms with van der Waals surface area (Å²) in [5, 5.41) is 0. The van der Waals surface area contributed by atoms with Crippen LogP contribution in [-0.4, -0.2) is 13.4 Å². The van der Waals surface area contributed by atoms with Gasteiger partial charge < -0.3 is 5.73 Å². The fraction of sp³-hybridized carbons (Fsp3) is 0.0833. The maximum Gasteiger partial charge on any atom is 0.261 e. The van der Waals surface area contributed by atoms with Gasteiger partial charge >= 0.3 is 0 Å². The molecule has 0 aliphatic rings. The summed E-state index contributed by atoms with van der Waals surface area (Å²) in [6, 6.07) is 8.02. The maximum absolute atomic E-state index is 12.2. The molecule has 100 valence electrons. The highest BCUT2D eigenvalue weighted by Gasteiger charge is 2.15. The first-order chi connectivity index (χ1) is 9.03. The highest BCUT2D eigenvalue weighted by Crippen LogP contribution is 2.23. The van der Waals surface area contributed by atoms with Gasteiger partial charge in [0.15, 0.2) is 0 Å². The third-order valence-electron chi connectivity index (χ3n) is 2.49. The standard InChI is InChI=1S/C12H12BrN3O2S/c13-11-8-15-6-5-12(11)16-19(17,18)10-3-1-9(7-14)2-4-10/h1-6,8H,7,14H2,(H,15,16). The molecule has 0 aliphatic carbocycles. The molecule has 2 rings (SSSR count). The Bertz CT molecular complexity index is 672. The SMILES string of the molecule is NCc1ccc(S(=O)(=O)Nc2ccncc2Br)cc1. The van der Waals surface area contributed by atoms with E-state index >= 15 is 0 Å². The van der Waals surface area contributed by atoms with E-state index < -0.39 is 10.0 Å². The molecule has 0 atom stereocenters. The Hall–Kier alpha value is -1.44. The van der Waals surface area contributed by atoms with Crippen LogP contribution in [0.2, 0.25) is 0 Å². The lowest BCUT2D eigenvalue weighted by Gasteiger charge is -2.09. The molecule has 0 aliphatic heterocycles. The fourth-order valence-corrected chi connectivity index (χ4v) is 3.03. The quantitative estimate of drug-likeness (QED) is 0.891. The van der Waals surface area contributed by atoms with Crippen LogP contribution in [0.1, 0.15) is 5.56 Å². The molecule has 5 nitrogen and oxygen atoms in total. The third kappa shape index (κ3) is 3.31. The Morgan fingerprint density at radius 1 is 1.21 bits per heavy atom. The first-order valence-electron chi connectivity index (χ1n) is 5.44. The second-order valence-electron chi connectivity index (χ2n) is 3.81. The molecule has 19 heavy (non-hydrogen) atoms. The number of rotatable bonds is 4. The van der Waals surface area contributed by atoms with Crippen LogP contribution in [0.3, 0.4) is 0 Å². The Labute approximate surface area is 120 Å². The summed E-state index contributed by atoms with van der Waals surface area (Å²) in [6.45, 7) is 0.379.